The van der Waals surface area contributed by atoms with Crippen LogP contribution in [-0.4, -0.2) is 20.5 Å². The van der Waals surface area contributed by atoms with Crippen LogP contribution < -0.4 is 5.43 Å². The molecule has 1 aliphatic heterocycles. The Balaban J connectivity index is 2.32. The first-order chi connectivity index (χ1) is 6.27. The highest BCUT2D eigenvalue weighted by Crippen LogP contribution is 2.08. The van der Waals surface area contributed by atoms with Gasteiger partial charge in [-0.1, -0.05) is 0 Å². The highest BCUT2D eigenvalue weighted by atomic mass is 16.6. The topological polar surface area (TPSA) is 87.4 Å². The van der Waals surface area contributed by atoms with Crippen molar-refractivity contribution in [1.82, 2.24) is 15.2 Å². The minimum Gasteiger partial charge on any atom is -0.258 e. The standard InChI is InChI=1S/C6H4N5O2/c12-11(13)5-3-8-10(4-5)6-1-2-7-9-6/h1-4H. The van der Waals surface area contributed by atoms with E-state index in [4.69, 9.17) is 0 Å². The van der Waals surface area contributed by atoms with Gasteiger partial charge in [-0.25, -0.2) is 4.68 Å². The molecule has 0 aromatic carbocycles. The molecule has 1 aromatic rings. The molecule has 0 saturated heterocycles. The molecule has 2 rings (SSSR count). The van der Waals surface area contributed by atoms with E-state index < -0.39 is 4.92 Å². The Bertz CT molecular complexity index is 405. The fraction of sp³-hybridized carbons (Fsp3) is 0. The van der Waals surface area contributed by atoms with Gasteiger partial charge in [-0.2, -0.15) is 10.5 Å². The summed E-state index contributed by atoms with van der Waals surface area (Å²) in [4.78, 5) is 9.79. The van der Waals surface area contributed by atoms with Gasteiger partial charge in [0, 0.05) is 6.08 Å². The molecule has 0 aliphatic carbocycles. The smallest absolute Gasteiger partial charge is 0.258 e. The van der Waals surface area contributed by atoms with Gasteiger partial charge in [0.1, 0.15) is 12.4 Å². The van der Waals surface area contributed by atoms with E-state index in [0.29, 0.717) is 5.84 Å². The van der Waals surface area contributed by atoms with Crippen LogP contribution in [0.3, 0.4) is 0 Å². The quantitative estimate of drug-likeness (QED) is 0.450. The third-order valence-electron chi connectivity index (χ3n) is 1.46. The molecule has 0 fully saturated rings. The summed E-state index contributed by atoms with van der Waals surface area (Å²) in [6.07, 6.45) is 5.54. The largest absolute Gasteiger partial charge is 0.307 e. The number of nitrogens with zero attached hydrogens (tertiary/aromatic N) is 5. The lowest BCUT2D eigenvalue weighted by molar-refractivity contribution is -0.384. The van der Waals surface area contributed by atoms with E-state index in [1.165, 1.54) is 17.1 Å². The van der Waals surface area contributed by atoms with Crippen LogP contribution in [0.15, 0.2) is 29.8 Å². The van der Waals surface area contributed by atoms with E-state index >= 15 is 0 Å². The van der Waals surface area contributed by atoms with Crippen molar-refractivity contribution in [2.45, 2.75) is 0 Å². The molecule has 1 radical (unpaired) electrons. The van der Waals surface area contributed by atoms with Crippen molar-refractivity contribution < 1.29 is 4.92 Å². The Kier molecular flexibility index (Phi) is 1.55. The molecule has 0 spiro atoms. The number of nitro groups is 1. The van der Waals surface area contributed by atoms with E-state index in [1.54, 1.807) is 6.08 Å². The van der Waals surface area contributed by atoms with Crippen LogP contribution >= 0.6 is 0 Å². The Morgan fingerprint density at radius 1 is 1.54 bits per heavy atom. The van der Waals surface area contributed by atoms with E-state index in [2.05, 4.69) is 15.6 Å². The van der Waals surface area contributed by atoms with Gasteiger partial charge >= 0.3 is 5.69 Å². The normalized spacial score (nSPS) is 14.0. The average molecular weight is 178 g/mol. The molecule has 1 aromatic heterocycles. The molecule has 7 nitrogen and oxygen atoms in total. The van der Waals surface area contributed by atoms with Gasteiger partial charge in [0.25, 0.3) is 0 Å². The summed E-state index contributed by atoms with van der Waals surface area (Å²) in [5.41, 5.74) is 3.51. The van der Waals surface area contributed by atoms with Gasteiger partial charge in [-0.15, -0.1) is 5.10 Å². The van der Waals surface area contributed by atoms with Crippen molar-refractivity contribution in [1.29, 1.82) is 0 Å². The Hall–Kier alpha value is -2.18. The van der Waals surface area contributed by atoms with Crippen LogP contribution in [0, 0.1) is 10.1 Å². The molecule has 2 heterocycles. The van der Waals surface area contributed by atoms with Gasteiger partial charge in [-0.05, 0) is 0 Å². The van der Waals surface area contributed by atoms with Gasteiger partial charge in [0.2, 0.25) is 0 Å². The molecular formula is C6H4N5O2. The van der Waals surface area contributed by atoms with Gasteiger partial charge in [0.15, 0.2) is 5.84 Å². The first-order valence-electron chi connectivity index (χ1n) is 3.41. The minimum absolute atomic E-state index is 0.0667. The molecule has 65 valence electrons. The summed E-state index contributed by atoms with van der Waals surface area (Å²) in [7, 11) is 0. The van der Waals surface area contributed by atoms with Crippen LogP contribution in [0.2, 0.25) is 0 Å². The average Bonchev–Trinajstić information content (AvgIpc) is 2.75. The molecule has 0 saturated carbocycles. The summed E-state index contributed by atoms with van der Waals surface area (Å²) < 4.78 is 1.30. The SMILES string of the molecule is O=[N+]([O-])c1cnn(C2=N[N]C=C2)c1. The fourth-order valence-corrected chi connectivity index (χ4v) is 0.881. The van der Waals surface area contributed by atoms with Crippen LogP contribution in [0.4, 0.5) is 5.69 Å². The molecule has 1 aliphatic rings. The number of hydrogen-bond donors (Lipinski definition) is 0. The van der Waals surface area contributed by atoms with Gasteiger partial charge in [-0.3, -0.25) is 10.1 Å². The first-order valence-corrected chi connectivity index (χ1v) is 3.41. The van der Waals surface area contributed by atoms with Crippen molar-refractivity contribution in [3.63, 3.8) is 0 Å². The lowest BCUT2D eigenvalue weighted by atomic mass is 10.5. The van der Waals surface area contributed by atoms with Crippen molar-refractivity contribution in [2.24, 2.45) is 5.10 Å². The third-order valence-corrected chi connectivity index (χ3v) is 1.46. The molecule has 0 amide bonds. The van der Waals surface area contributed by atoms with Crippen molar-refractivity contribution in [3.8, 4) is 0 Å². The monoisotopic (exact) mass is 178 g/mol. The zero-order valence-electron chi connectivity index (χ0n) is 6.36. The number of aromatic nitrogens is 2. The molecule has 0 unspecified atom stereocenters. The summed E-state index contributed by atoms with van der Waals surface area (Å²) in [5, 5.41) is 17.7. The molecular weight excluding hydrogens is 174 g/mol. The van der Waals surface area contributed by atoms with E-state index in [1.807, 2.05) is 0 Å². The van der Waals surface area contributed by atoms with Crippen LogP contribution in [-0.2, 0) is 0 Å². The molecule has 0 N–H and O–H groups in total. The highest BCUT2D eigenvalue weighted by molar-refractivity contribution is 5.95. The minimum atomic E-state index is -0.514. The van der Waals surface area contributed by atoms with Crippen LogP contribution in [0.1, 0.15) is 0 Å². The van der Waals surface area contributed by atoms with Gasteiger partial charge < -0.3 is 0 Å². The first kappa shape index (κ1) is 7.47. The predicted octanol–water partition coefficient (Wildman–Crippen LogP) is 0.0846. The fourth-order valence-electron chi connectivity index (χ4n) is 0.881. The highest BCUT2D eigenvalue weighted by Gasteiger charge is 2.12. The van der Waals surface area contributed by atoms with Crippen molar-refractivity contribution >= 4 is 11.5 Å². The van der Waals surface area contributed by atoms with Crippen LogP contribution in [0.5, 0.6) is 0 Å². The summed E-state index contributed by atoms with van der Waals surface area (Å²) in [6.45, 7) is 0. The maximum Gasteiger partial charge on any atom is 0.307 e. The van der Waals surface area contributed by atoms with Gasteiger partial charge in [0.05, 0.1) is 11.1 Å². The maximum atomic E-state index is 10.3. The number of allylic oxidation sites excluding steroid dienone is 1. The zero-order valence-corrected chi connectivity index (χ0v) is 6.36. The predicted molar refractivity (Wildman–Crippen MR) is 43.0 cm³/mol. The van der Waals surface area contributed by atoms with E-state index in [0.717, 1.165) is 6.20 Å². The summed E-state index contributed by atoms with van der Waals surface area (Å²) >= 11 is 0. The van der Waals surface area contributed by atoms with E-state index in [-0.39, 0.29) is 5.69 Å². The molecule has 7 heteroatoms. The van der Waals surface area contributed by atoms with E-state index in [9.17, 15) is 10.1 Å². The lowest BCUT2D eigenvalue weighted by Gasteiger charge is -1.91. The Morgan fingerprint density at radius 3 is 2.92 bits per heavy atom. The molecule has 0 atom stereocenters. The second kappa shape index (κ2) is 2.70. The number of rotatable bonds is 1. The third kappa shape index (κ3) is 1.26. The maximum absolute atomic E-state index is 10.3. The van der Waals surface area contributed by atoms with Crippen molar-refractivity contribution in [2.75, 3.05) is 0 Å². The molecule has 13 heavy (non-hydrogen) atoms. The Labute approximate surface area is 72.5 Å². The second-order valence-electron chi connectivity index (χ2n) is 2.29. The van der Waals surface area contributed by atoms with Crippen molar-refractivity contribution in [3.05, 3.63) is 34.8 Å². The zero-order chi connectivity index (χ0) is 9.26. The van der Waals surface area contributed by atoms with Crippen LogP contribution in [0.25, 0.3) is 0 Å². The lowest BCUT2D eigenvalue weighted by Crippen LogP contribution is -2.07. The second-order valence-corrected chi connectivity index (χ2v) is 2.29. The summed E-state index contributed by atoms with van der Waals surface area (Å²) in [6, 6.07) is 0. The Morgan fingerprint density at radius 2 is 2.38 bits per heavy atom. The number of hydrogen-bond acceptors (Lipinski definition) is 4. The molecule has 0 bridgehead atoms. The summed E-state index contributed by atoms with van der Waals surface area (Å²) in [5.74, 6) is 0.466.